The molecule has 1 amide bonds. The zero-order chi connectivity index (χ0) is 28.1. The van der Waals surface area contributed by atoms with Crippen molar-refractivity contribution in [2.75, 3.05) is 13.1 Å². The number of aryl methyl sites for hydroxylation is 1. The number of carbonyl (C=O) groups is 1. The Kier molecular flexibility index (Phi) is 8.20. The van der Waals surface area contributed by atoms with E-state index in [-0.39, 0.29) is 16.6 Å². The maximum atomic E-state index is 13.2. The van der Waals surface area contributed by atoms with E-state index in [0.717, 1.165) is 65.1 Å². The lowest BCUT2D eigenvalue weighted by atomic mass is 9.96. The van der Waals surface area contributed by atoms with Crippen LogP contribution in [0.15, 0.2) is 96.2 Å². The van der Waals surface area contributed by atoms with Gasteiger partial charge in [-0.2, -0.15) is 0 Å². The van der Waals surface area contributed by atoms with Gasteiger partial charge in [-0.1, -0.05) is 24.3 Å². The molecule has 4 aromatic rings. The molecule has 3 aromatic carbocycles. The van der Waals surface area contributed by atoms with Crippen molar-refractivity contribution in [2.24, 2.45) is 0 Å². The van der Waals surface area contributed by atoms with Crippen LogP contribution < -0.4 is 14.8 Å². The number of sulfonamides is 1. The average molecular weight is 562 g/mol. The third-order valence-electron chi connectivity index (χ3n) is 6.68. The molecule has 0 bridgehead atoms. The molecule has 3 N–H and O–H groups in total. The molecule has 0 spiro atoms. The molecule has 0 saturated heterocycles. The van der Waals surface area contributed by atoms with Crippen LogP contribution in [0.25, 0.3) is 11.1 Å². The van der Waals surface area contributed by atoms with Crippen LogP contribution in [0.5, 0.6) is 5.75 Å². The smallest absolute Gasteiger partial charge is 0.265 e. The number of nitrogens with zero attached hydrogens (tertiary/aromatic N) is 1. The Balaban J connectivity index is 1.21. The Labute approximate surface area is 231 Å². The highest BCUT2D eigenvalue weighted by molar-refractivity contribution is 7.90. The fourth-order valence-corrected chi connectivity index (χ4v) is 5.51. The minimum Gasteiger partial charge on any atom is -0.489 e. The number of carbonyl (C=O) groups excluding carboxylic acids is 1. The summed E-state index contributed by atoms with van der Waals surface area (Å²) >= 11 is 0. The molecule has 0 radical (unpaired) electrons. The number of aliphatic hydroxyl groups excluding tert-OH is 1. The zero-order valence-corrected chi connectivity index (χ0v) is 22.3. The van der Waals surface area contributed by atoms with Crippen molar-refractivity contribution < 1.29 is 27.4 Å². The summed E-state index contributed by atoms with van der Waals surface area (Å²) in [5.41, 5.74) is 3.60. The van der Waals surface area contributed by atoms with Crippen LogP contribution in [0.4, 0.5) is 4.39 Å². The second kappa shape index (κ2) is 12.0. The summed E-state index contributed by atoms with van der Waals surface area (Å²) in [4.78, 5) is 16.6. The van der Waals surface area contributed by atoms with Gasteiger partial charge in [-0.25, -0.2) is 17.5 Å². The first kappa shape index (κ1) is 27.4. The van der Waals surface area contributed by atoms with Crippen LogP contribution in [0, 0.1) is 5.82 Å². The summed E-state index contributed by atoms with van der Waals surface area (Å²) in [5.74, 6) is -0.567. The Hall–Kier alpha value is -4.12. The van der Waals surface area contributed by atoms with E-state index in [2.05, 4.69) is 10.3 Å². The molecule has 10 heteroatoms. The molecular weight excluding hydrogens is 533 g/mol. The first-order valence-corrected chi connectivity index (χ1v) is 14.3. The second-order valence-electron chi connectivity index (χ2n) is 9.53. The lowest BCUT2D eigenvalue weighted by Gasteiger charge is -2.27. The van der Waals surface area contributed by atoms with Gasteiger partial charge in [0, 0.05) is 36.6 Å². The average Bonchev–Trinajstić information content (AvgIpc) is 2.97. The third-order valence-corrected chi connectivity index (χ3v) is 8.02. The molecule has 5 rings (SSSR count). The highest BCUT2D eigenvalue weighted by atomic mass is 32.2. The zero-order valence-electron chi connectivity index (χ0n) is 21.5. The van der Waals surface area contributed by atoms with Crippen molar-refractivity contribution in [1.29, 1.82) is 0 Å². The normalized spacial score (nSPS) is 15.5. The molecule has 2 atom stereocenters. The molecule has 40 heavy (non-hydrogen) atoms. The van der Waals surface area contributed by atoms with E-state index in [1.165, 1.54) is 6.07 Å². The second-order valence-corrected chi connectivity index (χ2v) is 11.2. The largest absolute Gasteiger partial charge is 0.489 e. The summed E-state index contributed by atoms with van der Waals surface area (Å²) in [6.07, 6.45) is 4.24. The highest BCUT2D eigenvalue weighted by Gasteiger charge is 2.22. The molecule has 2 heterocycles. The van der Waals surface area contributed by atoms with Gasteiger partial charge in [-0.15, -0.1) is 0 Å². The maximum absolute atomic E-state index is 13.2. The molecule has 1 aliphatic heterocycles. The number of rotatable bonds is 9. The molecule has 0 saturated carbocycles. The number of pyridine rings is 1. The Morgan fingerprint density at radius 3 is 2.62 bits per heavy atom. The number of aliphatic hydroxyl groups is 1. The van der Waals surface area contributed by atoms with E-state index in [4.69, 9.17) is 4.74 Å². The van der Waals surface area contributed by atoms with Crippen LogP contribution in [0.1, 0.15) is 34.0 Å². The van der Waals surface area contributed by atoms with Crippen LogP contribution in [0.2, 0.25) is 0 Å². The van der Waals surface area contributed by atoms with Gasteiger partial charge in [0.25, 0.3) is 15.9 Å². The number of hydrogen-bond donors (Lipinski definition) is 3. The minimum atomic E-state index is -4.15. The van der Waals surface area contributed by atoms with Crippen molar-refractivity contribution in [3.05, 3.63) is 114 Å². The van der Waals surface area contributed by atoms with Gasteiger partial charge < -0.3 is 15.2 Å². The van der Waals surface area contributed by atoms with E-state index in [0.29, 0.717) is 13.1 Å². The summed E-state index contributed by atoms with van der Waals surface area (Å²) in [5, 5.41) is 13.6. The van der Waals surface area contributed by atoms with Crippen LogP contribution in [-0.4, -0.2) is 43.6 Å². The topological polar surface area (TPSA) is 118 Å². The van der Waals surface area contributed by atoms with Crippen LogP contribution in [-0.2, 0) is 16.4 Å². The molecule has 1 aromatic heterocycles. The van der Waals surface area contributed by atoms with Gasteiger partial charge in [0.05, 0.1) is 11.0 Å². The molecule has 8 nitrogen and oxygen atoms in total. The van der Waals surface area contributed by atoms with Gasteiger partial charge in [-0.05, 0) is 84.1 Å². The minimum absolute atomic E-state index is 0.0328. The predicted octanol–water partition coefficient (Wildman–Crippen LogP) is 4.02. The number of ether oxygens (including phenoxy) is 1. The van der Waals surface area contributed by atoms with E-state index in [1.807, 2.05) is 35.1 Å². The monoisotopic (exact) mass is 561 g/mol. The first-order valence-electron chi connectivity index (χ1n) is 12.8. The molecule has 0 aliphatic carbocycles. The number of aromatic nitrogens is 1. The SMILES string of the molecule is O=C(NS(=O)(=O)c1ccc(F)cc1)c1cccc(-c2ccc3c(c2)CC[C@H](CNC[C@H](O)c2cccnc2)O3)c1. The molecule has 0 unspecified atom stereocenters. The van der Waals surface area contributed by atoms with Crippen molar-refractivity contribution in [1.82, 2.24) is 15.0 Å². The number of hydrogen-bond acceptors (Lipinski definition) is 7. The molecule has 1 aliphatic rings. The third kappa shape index (κ3) is 6.53. The summed E-state index contributed by atoms with van der Waals surface area (Å²) < 4.78 is 46.5. The Morgan fingerprint density at radius 1 is 1.05 bits per heavy atom. The summed E-state index contributed by atoms with van der Waals surface area (Å²) in [6.45, 7) is 0.989. The number of nitrogens with one attached hydrogen (secondary N) is 2. The van der Waals surface area contributed by atoms with E-state index < -0.39 is 27.9 Å². The molecule has 206 valence electrons. The van der Waals surface area contributed by atoms with Crippen molar-refractivity contribution in [3.8, 4) is 16.9 Å². The Morgan fingerprint density at radius 2 is 1.85 bits per heavy atom. The molecule has 0 fully saturated rings. The van der Waals surface area contributed by atoms with Crippen molar-refractivity contribution in [2.45, 2.75) is 29.9 Å². The standard InChI is InChI=1S/C30H28FN3O5S/c31-25-8-11-27(12-9-25)40(37,38)34-30(36)23-4-1-3-20(16-23)21-7-13-29-22(15-21)6-10-26(39-29)18-33-19-28(35)24-5-2-14-32-17-24/h1-5,7-9,11-17,26,28,33,35H,6,10,18-19H2,(H,34,36)/t26-,28+/m1/s1. The fraction of sp³-hybridized carbons (Fsp3) is 0.200. The highest BCUT2D eigenvalue weighted by Crippen LogP contribution is 2.32. The van der Waals surface area contributed by atoms with Gasteiger partial charge in [-0.3, -0.25) is 9.78 Å². The van der Waals surface area contributed by atoms with E-state index in [1.54, 1.807) is 30.6 Å². The first-order chi connectivity index (χ1) is 19.3. The van der Waals surface area contributed by atoms with Gasteiger partial charge >= 0.3 is 0 Å². The summed E-state index contributed by atoms with van der Waals surface area (Å²) in [6, 6.07) is 20.4. The van der Waals surface area contributed by atoms with E-state index in [9.17, 15) is 22.7 Å². The number of fused-ring (bicyclic) bond motifs is 1. The predicted molar refractivity (Wildman–Crippen MR) is 148 cm³/mol. The Bertz CT molecular complexity index is 1600. The van der Waals surface area contributed by atoms with Crippen molar-refractivity contribution >= 4 is 15.9 Å². The quantitative estimate of drug-likeness (QED) is 0.283. The van der Waals surface area contributed by atoms with Gasteiger partial charge in [0.15, 0.2) is 0 Å². The van der Waals surface area contributed by atoms with Gasteiger partial charge in [0.2, 0.25) is 0 Å². The lowest BCUT2D eigenvalue weighted by molar-refractivity contribution is 0.0981. The number of benzene rings is 3. The number of halogens is 1. The lowest BCUT2D eigenvalue weighted by Crippen LogP contribution is -2.36. The van der Waals surface area contributed by atoms with Crippen LogP contribution in [0.3, 0.4) is 0 Å². The fourth-order valence-electron chi connectivity index (χ4n) is 4.53. The van der Waals surface area contributed by atoms with Crippen molar-refractivity contribution in [3.63, 3.8) is 0 Å². The number of amides is 1. The maximum Gasteiger partial charge on any atom is 0.265 e. The van der Waals surface area contributed by atoms with Crippen LogP contribution >= 0.6 is 0 Å². The molecular formula is C30H28FN3O5S. The van der Waals surface area contributed by atoms with E-state index >= 15 is 0 Å². The summed E-state index contributed by atoms with van der Waals surface area (Å²) in [7, 11) is -4.15. The van der Waals surface area contributed by atoms with Gasteiger partial charge in [0.1, 0.15) is 17.7 Å².